The monoisotopic (exact) mass is 276 g/mol. The van der Waals surface area contributed by atoms with Crippen LogP contribution in [-0.2, 0) is 16.0 Å². The van der Waals surface area contributed by atoms with Crippen molar-refractivity contribution in [3.05, 3.63) is 35.9 Å². The van der Waals surface area contributed by atoms with Crippen molar-refractivity contribution in [2.75, 3.05) is 12.3 Å². The van der Waals surface area contributed by atoms with Gasteiger partial charge in [0.2, 0.25) is 11.8 Å². The lowest BCUT2D eigenvalue weighted by Gasteiger charge is -2.49. The van der Waals surface area contributed by atoms with Crippen LogP contribution in [0.5, 0.6) is 0 Å². The zero-order valence-electron chi connectivity index (χ0n) is 10.5. The predicted molar refractivity (Wildman–Crippen MR) is 74.7 cm³/mol. The van der Waals surface area contributed by atoms with Crippen molar-refractivity contribution in [2.24, 2.45) is 0 Å². The molecule has 1 aromatic rings. The first-order valence-electron chi connectivity index (χ1n) is 6.51. The predicted octanol–water partition coefficient (Wildman–Crippen LogP) is 1.02. The fourth-order valence-electron chi connectivity index (χ4n) is 2.53. The van der Waals surface area contributed by atoms with Gasteiger partial charge in [-0.15, -0.1) is 11.8 Å². The van der Waals surface area contributed by atoms with Gasteiger partial charge in [-0.1, -0.05) is 30.3 Å². The van der Waals surface area contributed by atoms with E-state index in [9.17, 15) is 9.59 Å². The molecule has 2 amide bonds. The van der Waals surface area contributed by atoms with Crippen LogP contribution in [-0.4, -0.2) is 40.4 Å². The zero-order chi connectivity index (χ0) is 13.2. The van der Waals surface area contributed by atoms with Gasteiger partial charge in [-0.25, -0.2) is 0 Å². The maximum atomic E-state index is 11.9. The topological polar surface area (TPSA) is 49.4 Å². The van der Waals surface area contributed by atoms with E-state index < -0.39 is 0 Å². The second-order valence-electron chi connectivity index (χ2n) is 4.85. The summed E-state index contributed by atoms with van der Waals surface area (Å²) < 4.78 is 0. The Kier molecular flexibility index (Phi) is 3.46. The minimum atomic E-state index is -0.318. The molecular formula is C14H16N2O2S. The average Bonchev–Trinajstić information content (AvgIpc) is 2.45. The molecule has 0 bridgehead atoms. The molecule has 2 atom stereocenters. The molecule has 5 heteroatoms. The van der Waals surface area contributed by atoms with Crippen molar-refractivity contribution in [1.82, 2.24) is 10.2 Å². The Morgan fingerprint density at radius 2 is 2.16 bits per heavy atom. The zero-order valence-corrected chi connectivity index (χ0v) is 11.4. The number of amides is 2. The van der Waals surface area contributed by atoms with E-state index in [1.54, 1.807) is 11.8 Å². The van der Waals surface area contributed by atoms with Crippen LogP contribution in [0.1, 0.15) is 12.0 Å². The number of β-lactam (4-membered cyclic amide) rings is 1. The minimum Gasteiger partial charge on any atom is -0.341 e. The van der Waals surface area contributed by atoms with Crippen molar-refractivity contribution < 1.29 is 9.59 Å². The van der Waals surface area contributed by atoms with Crippen LogP contribution in [0.4, 0.5) is 0 Å². The van der Waals surface area contributed by atoms with Crippen molar-refractivity contribution in [3.63, 3.8) is 0 Å². The molecule has 2 fully saturated rings. The first-order chi connectivity index (χ1) is 9.25. The summed E-state index contributed by atoms with van der Waals surface area (Å²) in [6, 6.07) is 9.27. The van der Waals surface area contributed by atoms with Crippen molar-refractivity contribution in [3.8, 4) is 0 Å². The number of nitrogens with zero attached hydrogens (tertiary/aromatic N) is 1. The van der Waals surface area contributed by atoms with Crippen molar-refractivity contribution in [2.45, 2.75) is 24.3 Å². The molecule has 100 valence electrons. The molecule has 0 radical (unpaired) electrons. The van der Waals surface area contributed by atoms with Gasteiger partial charge < -0.3 is 10.2 Å². The Hall–Kier alpha value is -1.49. The third-order valence-corrected chi connectivity index (χ3v) is 4.89. The van der Waals surface area contributed by atoms with E-state index >= 15 is 0 Å². The van der Waals surface area contributed by atoms with Crippen LogP contribution in [0.3, 0.4) is 0 Å². The number of hydrogen-bond donors (Lipinski definition) is 1. The van der Waals surface area contributed by atoms with Crippen LogP contribution in [0.15, 0.2) is 30.3 Å². The Morgan fingerprint density at radius 1 is 1.37 bits per heavy atom. The van der Waals surface area contributed by atoms with Gasteiger partial charge in [-0.2, -0.15) is 0 Å². The third-order valence-electron chi connectivity index (χ3n) is 3.50. The first kappa shape index (κ1) is 12.5. The van der Waals surface area contributed by atoms with Crippen LogP contribution < -0.4 is 5.32 Å². The Labute approximate surface area is 116 Å². The summed E-state index contributed by atoms with van der Waals surface area (Å²) in [6.07, 6.45) is 1.39. The Bertz CT molecular complexity index is 491. The van der Waals surface area contributed by atoms with Crippen molar-refractivity contribution in [1.29, 1.82) is 0 Å². The van der Waals surface area contributed by atoms with Gasteiger partial charge >= 0.3 is 0 Å². The van der Waals surface area contributed by atoms with Gasteiger partial charge in [-0.3, -0.25) is 9.59 Å². The first-order valence-corrected chi connectivity index (χ1v) is 7.56. The normalized spacial score (nSPS) is 25.5. The molecular weight excluding hydrogens is 260 g/mol. The summed E-state index contributed by atoms with van der Waals surface area (Å²) >= 11 is 1.76. The molecule has 1 aromatic carbocycles. The molecule has 1 N–H and O–H groups in total. The van der Waals surface area contributed by atoms with Gasteiger partial charge in [0, 0.05) is 6.54 Å². The quantitative estimate of drug-likeness (QED) is 0.839. The highest BCUT2D eigenvalue weighted by Gasteiger charge is 2.49. The molecule has 1 unspecified atom stereocenters. The largest absolute Gasteiger partial charge is 0.341 e. The van der Waals surface area contributed by atoms with Crippen LogP contribution in [0, 0.1) is 0 Å². The molecule has 19 heavy (non-hydrogen) atoms. The Balaban J connectivity index is 1.57. The number of benzene rings is 1. The van der Waals surface area contributed by atoms with Gasteiger partial charge in [0.25, 0.3) is 0 Å². The fourth-order valence-corrected chi connectivity index (χ4v) is 3.83. The summed E-state index contributed by atoms with van der Waals surface area (Å²) in [5.74, 6) is 1.06. The van der Waals surface area contributed by atoms with Crippen LogP contribution in [0.25, 0.3) is 0 Å². The Morgan fingerprint density at radius 3 is 2.95 bits per heavy atom. The summed E-state index contributed by atoms with van der Waals surface area (Å²) in [5, 5.41) is 3.02. The smallest absolute Gasteiger partial charge is 0.249 e. The average molecular weight is 276 g/mol. The second-order valence-corrected chi connectivity index (χ2v) is 6.08. The lowest BCUT2D eigenvalue weighted by molar-refractivity contribution is -0.148. The number of carbonyl (C=O) groups excluding carboxylic acids is 2. The molecule has 2 aliphatic heterocycles. The molecule has 0 aromatic heterocycles. The number of carbonyl (C=O) groups is 2. The number of fused-ring (bicyclic) bond motifs is 1. The third kappa shape index (κ3) is 2.47. The minimum absolute atomic E-state index is 0.0682. The summed E-state index contributed by atoms with van der Waals surface area (Å²) in [5.41, 5.74) is 0.972. The maximum Gasteiger partial charge on any atom is 0.249 e. The van der Waals surface area contributed by atoms with E-state index in [0.717, 1.165) is 24.3 Å². The second kappa shape index (κ2) is 5.25. The standard InChI is InChI=1S/C14H16N2O2S/c17-11(9-10-5-2-1-3-6-10)15-12-13(18)16-7-4-8-19-14(12)16/h1-3,5-6,12,14H,4,7-9H2,(H,15,17)/t12?,14-/m1/s1. The number of hydrogen-bond acceptors (Lipinski definition) is 3. The summed E-state index contributed by atoms with van der Waals surface area (Å²) in [4.78, 5) is 25.7. The SMILES string of the molecule is O=C(Cc1ccccc1)NC1C(=O)N2CCCS[C@H]12. The molecule has 2 saturated heterocycles. The van der Waals surface area contributed by atoms with Gasteiger partial charge in [0.15, 0.2) is 0 Å². The van der Waals surface area contributed by atoms with E-state index in [1.165, 1.54) is 0 Å². The van der Waals surface area contributed by atoms with Gasteiger partial charge in [-0.05, 0) is 17.7 Å². The lowest BCUT2D eigenvalue weighted by Crippen LogP contribution is -2.70. The molecule has 0 saturated carbocycles. The van der Waals surface area contributed by atoms with Gasteiger partial charge in [0.05, 0.1) is 6.42 Å². The van der Waals surface area contributed by atoms with Crippen LogP contribution >= 0.6 is 11.8 Å². The van der Waals surface area contributed by atoms with E-state index in [0.29, 0.717) is 6.42 Å². The molecule has 0 aliphatic carbocycles. The van der Waals surface area contributed by atoms with E-state index in [-0.39, 0.29) is 23.2 Å². The van der Waals surface area contributed by atoms with E-state index in [2.05, 4.69) is 5.32 Å². The highest BCUT2D eigenvalue weighted by atomic mass is 32.2. The molecule has 0 spiro atoms. The highest BCUT2D eigenvalue weighted by Crippen LogP contribution is 2.34. The molecule has 2 aliphatic rings. The number of rotatable bonds is 3. The summed E-state index contributed by atoms with van der Waals surface area (Å²) in [6.45, 7) is 0.835. The maximum absolute atomic E-state index is 11.9. The molecule has 4 nitrogen and oxygen atoms in total. The lowest BCUT2D eigenvalue weighted by atomic mass is 10.1. The highest BCUT2D eigenvalue weighted by molar-refractivity contribution is 8.00. The fraction of sp³-hybridized carbons (Fsp3) is 0.429. The van der Waals surface area contributed by atoms with Gasteiger partial charge in [0.1, 0.15) is 11.4 Å². The van der Waals surface area contributed by atoms with E-state index in [1.807, 2.05) is 35.2 Å². The molecule has 2 heterocycles. The number of nitrogens with one attached hydrogen (secondary N) is 1. The summed E-state index contributed by atoms with van der Waals surface area (Å²) in [7, 11) is 0. The number of thioether (sulfide) groups is 1. The van der Waals surface area contributed by atoms with E-state index in [4.69, 9.17) is 0 Å². The molecule has 3 rings (SSSR count). The van der Waals surface area contributed by atoms with Crippen LogP contribution in [0.2, 0.25) is 0 Å². The van der Waals surface area contributed by atoms with Crippen molar-refractivity contribution >= 4 is 23.6 Å².